The second-order valence-corrected chi connectivity index (χ2v) is 7.87. The molecule has 0 saturated heterocycles. The second-order valence-electron chi connectivity index (χ2n) is 7.87. The van der Waals surface area contributed by atoms with Crippen LogP contribution in [0, 0.1) is 0 Å². The van der Waals surface area contributed by atoms with E-state index in [1.54, 1.807) is 33.5 Å². The number of hydrogen-bond acceptors (Lipinski definition) is 7. The van der Waals surface area contributed by atoms with E-state index in [0.29, 0.717) is 29.5 Å². The topological polar surface area (TPSA) is 102 Å². The first-order chi connectivity index (χ1) is 15.5. The van der Waals surface area contributed by atoms with Crippen LogP contribution in [0.3, 0.4) is 0 Å². The molecule has 0 radical (unpaired) electrons. The van der Waals surface area contributed by atoms with Crippen LogP contribution < -0.4 is 29.9 Å². The van der Waals surface area contributed by atoms with Crippen LogP contribution in [0.15, 0.2) is 29.1 Å². The Morgan fingerprint density at radius 1 is 1.06 bits per heavy atom. The van der Waals surface area contributed by atoms with Gasteiger partial charge in [0.05, 0.1) is 47.3 Å². The predicted octanol–water partition coefficient (Wildman–Crippen LogP) is 0.638. The number of hydrogen-bond donors (Lipinski definition) is 4. The van der Waals surface area contributed by atoms with Gasteiger partial charge in [-0.3, -0.25) is 4.79 Å². The molecule has 0 saturated carbocycles. The van der Waals surface area contributed by atoms with Crippen LogP contribution in [0.4, 0.5) is 5.69 Å². The van der Waals surface area contributed by atoms with Gasteiger partial charge in [0, 0.05) is 24.1 Å². The quantitative estimate of drug-likeness (QED) is 0.449. The molecule has 32 heavy (non-hydrogen) atoms. The minimum atomic E-state index is -0.149. The Morgan fingerprint density at radius 3 is 2.44 bits per heavy atom. The number of ether oxygens (including phenoxy) is 3. The van der Waals surface area contributed by atoms with Gasteiger partial charge in [0.15, 0.2) is 11.5 Å². The van der Waals surface area contributed by atoms with Crippen LogP contribution in [0.1, 0.15) is 23.6 Å². The maximum atomic E-state index is 13.0. The third-order valence-corrected chi connectivity index (χ3v) is 6.07. The molecular weight excluding hydrogens is 412 g/mol. The lowest BCUT2D eigenvalue weighted by molar-refractivity contribution is -0.913. The van der Waals surface area contributed by atoms with Gasteiger partial charge in [-0.15, -0.1) is 0 Å². The molecule has 1 aliphatic carbocycles. The summed E-state index contributed by atoms with van der Waals surface area (Å²) in [5, 5.41) is 21.7. The molecule has 0 amide bonds. The first-order valence-electron chi connectivity index (χ1n) is 10.8. The first-order valence-corrected chi connectivity index (χ1v) is 10.8. The number of methoxy groups -OCH3 is 3. The van der Waals surface area contributed by atoms with E-state index in [9.17, 15) is 15.0 Å². The Morgan fingerprint density at radius 2 is 1.81 bits per heavy atom. The largest absolute Gasteiger partial charge is 0.493 e. The molecule has 2 aromatic carbocycles. The van der Waals surface area contributed by atoms with Crippen molar-refractivity contribution < 1.29 is 29.3 Å². The molecule has 8 heteroatoms. The number of anilines is 1. The van der Waals surface area contributed by atoms with Crippen LogP contribution in [0.2, 0.25) is 0 Å². The number of aliphatic hydroxyl groups is 2. The standard InChI is InChI=1S/C24H32N2O6/c1-26(10-12-28)19-8-5-15-13-21(30-2)23(31-3)24(32-4)22(15)16-6-7-18(25-9-11-27)20(29)14-17(16)19/h6-7,13-14,19,27-28H,5,8-12H2,1-4H3,(H,25,29)/p+1/t19-/m0/s1. The number of likely N-dealkylation sites (N-methyl/N-ethyl adjacent to an activating group) is 1. The van der Waals surface area contributed by atoms with Crippen LogP contribution in [-0.2, 0) is 6.42 Å². The Kier molecular flexibility index (Phi) is 7.95. The molecule has 174 valence electrons. The predicted molar refractivity (Wildman–Crippen MR) is 123 cm³/mol. The van der Waals surface area contributed by atoms with E-state index in [1.807, 2.05) is 19.2 Å². The van der Waals surface area contributed by atoms with Gasteiger partial charge in [-0.05, 0) is 35.7 Å². The van der Waals surface area contributed by atoms with Gasteiger partial charge in [0.25, 0.3) is 0 Å². The highest BCUT2D eigenvalue weighted by Crippen LogP contribution is 2.49. The van der Waals surface area contributed by atoms with Crippen molar-refractivity contribution in [2.24, 2.45) is 0 Å². The van der Waals surface area contributed by atoms with Gasteiger partial charge < -0.3 is 34.6 Å². The van der Waals surface area contributed by atoms with Crippen molar-refractivity contribution in [3.8, 4) is 28.4 Å². The van der Waals surface area contributed by atoms with E-state index in [0.717, 1.165) is 40.0 Å². The summed E-state index contributed by atoms with van der Waals surface area (Å²) >= 11 is 0. The van der Waals surface area contributed by atoms with E-state index < -0.39 is 0 Å². The van der Waals surface area contributed by atoms with E-state index in [2.05, 4.69) is 5.32 Å². The molecule has 8 nitrogen and oxygen atoms in total. The van der Waals surface area contributed by atoms with Gasteiger partial charge in [-0.1, -0.05) is 6.07 Å². The van der Waals surface area contributed by atoms with Crippen LogP contribution in [0.25, 0.3) is 11.1 Å². The van der Waals surface area contributed by atoms with E-state index in [-0.39, 0.29) is 31.2 Å². The number of fused-ring (bicyclic) bond motifs is 3. The second kappa shape index (κ2) is 10.7. The molecule has 2 aromatic rings. The van der Waals surface area contributed by atoms with E-state index in [4.69, 9.17) is 14.2 Å². The number of nitrogens with one attached hydrogen (secondary N) is 2. The van der Waals surface area contributed by atoms with Gasteiger partial charge >= 0.3 is 0 Å². The minimum Gasteiger partial charge on any atom is -0.493 e. The SMILES string of the molecule is COc1cc2c(c(OC)c1OC)-c1ccc(NCCO)c(=O)cc1[C@@H]([NH+](C)CCO)CC2. The monoisotopic (exact) mass is 445 g/mol. The molecule has 0 fully saturated rings. The zero-order chi connectivity index (χ0) is 23.3. The molecular formula is C24H33N2O6+. The van der Waals surface area contributed by atoms with Crippen molar-refractivity contribution in [3.05, 3.63) is 45.6 Å². The summed E-state index contributed by atoms with van der Waals surface area (Å²) in [5.41, 5.74) is 3.97. The molecule has 3 rings (SSSR count). The minimum absolute atomic E-state index is 0.00274. The molecule has 1 aliphatic rings. The lowest BCUT2D eigenvalue weighted by Gasteiger charge is -2.24. The summed E-state index contributed by atoms with van der Waals surface area (Å²) in [5.74, 6) is 1.66. The average molecular weight is 446 g/mol. The summed E-state index contributed by atoms with van der Waals surface area (Å²) in [4.78, 5) is 14.2. The van der Waals surface area contributed by atoms with E-state index >= 15 is 0 Å². The molecule has 2 atom stereocenters. The third-order valence-electron chi connectivity index (χ3n) is 6.07. The third kappa shape index (κ3) is 4.53. The fourth-order valence-corrected chi connectivity index (χ4v) is 4.51. The van der Waals surface area contributed by atoms with Crippen molar-refractivity contribution in [2.75, 3.05) is 60.0 Å². The average Bonchev–Trinajstić information content (AvgIpc) is 3.04. The van der Waals surface area contributed by atoms with Crippen LogP contribution in [-0.4, -0.2) is 64.9 Å². The summed E-state index contributed by atoms with van der Waals surface area (Å²) < 4.78 is 17.0. The van der Waals surface area contributed by atoms with Gasteiger partial charge in [-0.2, -0.15) is 0 Å². The fraction of sp³-hybridized carbons (Fsp3) is 0.458. The maximum absolute atomic E-state index is 13.0. The summed E-state index contributed by atoms with van der Waals surface area (Å²) in [6, 6.07) is 7.32. The Balaban J connectivity index is 2.35. The Labute approximate surface area is 188 Å². The highest BCUT2D eigenvalue weighted by Gasteiger charge is 2.32. The number of quaternary nitrogens is 1. The van der Waals surface area contributed by atoms with Crippen molar-refractivity contribution in [3.63, 3.8) is 0 Å². The molecule has 4 N–H and O–H groups in total. The maximum Gasteiger partial charge on any atom is 0.203 e. The lowest BCUT2D eigenvalue weighted by atomic mass is 9.95. The van der Waals surface area contributed by atoms with Crippen molar-refractivity contribution in [2.45, 2.75) is 18.9 Å². The molecule has 0 spiro atoms. The zero-order valence-electron chi connectivity index (χ0n) is 19.2. The number of benzene rings is 1. The Bertz CT molecular complexity index is 1010. The highest BCUT2D eigenvalue weighted by molar-refractivity contribution is 5.82. The van der Waals surface area contributed by atoms with Crippen molar-refractivity contribution >= 4 is 5.69 Å². The van der Waals surface area contributed by atoms with E-state index in [1.165, 1.54) is 0 Å². The smallest absolute Gasteiger partial charge is 0.203 e. The summed E-state index contributed by atoms with van der Waals surface area (Å²) in [6.45, 7) is 0.833. The molecule has 0 aromatic heterocycles. The first kappa shape index (κ1) is 23.8. The summed E-state index contributed by atoms with van der Waals surface area (Å²) in [7, 11) is 6.80. The normalized spacial score (nSPS) is 15.8. The Hall–Kier alpha value is -2.81. The van der Waals surface area contributed by atoms with Crippen molar-refractivity contribution in [1.82, 2.24) is 0 Å². The zero-order valence-corrected chi connectivity index (χ0v) is 19.2. The van der Waals surface area contributed by atoms with Crippen molar-refractivity contribution in [1.29, 1.82) is 0 Å². The fourth-order valence-electron chi connectivity index (χ4n) is 4.51. The molecule has 0 aliphatic heterocycles. The number of aliphatic hydroxyl groups excluding tert-OH is 2. The molecule has 0 heterocycles. The van der Waals surface area contributed by atoms with Gasteiger partial charge in [0.1, 0.15) is 12.6 Å². The summed E-state index contributed by atoms with van der Waals surface area (Å²) in [6.07, 6.45) is 1.54. The van der Waals surface area contributed by atoms with Gasteiger partial charge in [0.2, 0.25) is 11.2 Å². The number of rotatable bonds is 9. The van der Waals surface area contributed by atoms with Crippen LogP contribution >= 0.6 is 0 Å². The van der Waals surface area contributed by atoms with Crippen LogP contribution in [0.5, 0.6) is 17.2 Å². The molecule has 1 unspecified atom stereocenters. The molecule has 0 bridgehead atoms. The highest BCUT2D eigenvalue weighted by atomic mass is 16.5. The van der Waals surface area contributed by atoms with Gasteiger partial charge in [-0.25, -0.2) is 0 Å². The number of aryl methyl sites for hydroxylation is 1. The lowest BCUT2D eigenvalue weighted by Crippen LogP contribution is -3.09.